The van der Waals surface area contributed by atoms with Crippen molar-refractivity contribution in [2.24, 2.45) is 0 Å². The molecule has 128 valence electrons. The van der Waals surface area contributed by atoms with Crippen LogP contribution in [0.1, 0.15) is 42.5 Å². The predicted octanol–water partition coefficient (Wildman–Crippen LogP) is 4.47. The first-order chi connectivity index (χ1) is 12.0. The normalized spacial score (nSPS) is 13.2. The quantitative estimate of drug-likeness (QED) is 0.691. The van der Waals surface area contributed by atoms with Gasteiger partial charge in [0.2, 0.25) is 0 Å². The molecular formula is C19H18F2N4. The molecule has 2 heterocycles. The van der Waals surface area contributed by atoms with Crippen molar-refractivity contribution in [3.05, 3.63) is 59.2 Å². The molecule has 0 radical (unpaired) electrons. The van der Waals surface area contributed by atoms with Crippen LogP contribution in [0.15, 0.2) is 30.9 Å². The van der Waals surface area contributed by atoms with Crippen LogP contribution < -0.4 is 0 Å². The van der Waals surface area contributed by atoms with Gasteiger partial charge in [-0.1, -0.05) is 6.92 Å². The van der Waals surface area contributed by atoms with Gasteiger partial charge in [0.05, 0.1) is 29.1 Å². The fraction of sp³-hybridized carbons (Fsp3) is 0.316. The Morgan fingerprint density at radius 3 is 2.56 bits per heavy atom. The maximum Gasteiger partial charge on any atom is 0.144 e. The van der Waals surface area contributed by atoms with E-state index in [0.29, 0.717) is 11.6 Å². The van der Waals surface area contributed by atoms with Crippen LogP contribution in [-0.4, -0.2) is 14.5 Å². The molecule has 2 aromatic heterocycles. The van der Waals surface area contributed by atoms with E-state index in [1.54, 1.807) is 18.6 Å². The smallest absolute Gasteiger partial charge is 0.144 e. The Labute approximate surface area is 144 Å². The summed E-state index contributed by atoms with van der Waals surface area (Å²) in [7, 11) is 0. The Bertz CT molecular complexity index is 932. The number of hydrogen-bond acceptors (Lipinski definition) is 3. The molecule has 4 nitrogen and oxygen atoms in total. The molecule has 1 aliphatic rings. The minimum Gasteiger partial charge on any atom is -0.327 e. The van der Waals surface area contributed by atoms with Gasteiger partial charge in [-0.05, 0) is 43.4 Å². The third-order valence-electron chi connectivity index (χ3n) is 4.30. The molecule has 1 aromatic carbocycles. The molecule has 0 unspecified atom stereocenters. The third kappa shape index (κ3) is 3.50. The molecule has 0 saturated heterocycles. The fourth-order valence-corrected chi connectivity index (χ4v) is 2.78. The predicted molar refractivity (Wildman–Crippen MR) is 91.0 cm³/mol. The lowest BCUT2D eigenvalue weighted by Crippen LogP contribution is -1.92. The molecule has 0 N–H and O–H groups in total. The highest BCUT2D eigenvalue weighted by molar-refractivity contribution is 5.77. The van der Waals surface area contributed by atoms with Crippen molar-refractivity contribution in [2.75, 3.05) is 0 Å². The van der Waals surface area contributed by atoms with Crippen LogP contribution in [0.4, 0.5) is 8.78 Å². The van der Waals surface area contributed by atoms with Crippen LogP contribution >= 0.6 is 0 Å². The topological polar surface area (TPSA) is 54.5 Å². The standard InChI is InChI=1S/C11H8FN3.C8H10FN/c12-9-4-10-11(3-7(9)5-13)15(6-14-10)8-1-2-8;1-3-7-6(2)4-10-5-8(7)9/h3-4,6,8H,1-2H2;4-5H,3H2,1-2H3. The van der Waals surface area contributed by atoms with Crippen molar-refractivity contribution in [1.82, 2.24) is 14.5 Å². The van der Waals surface area contributed by atoms with Gasteiger partial charge in [-0.2, -0.15) is 5.26 Å². The summed E-state index contributed by atoms with van der Waals surface area (Å²) in [6, 6.07) is 5.25. The molecule has 0 spiro atoms. The van der Waals surface area contributed by atoms with E-state index in [1.807, 2.05) is 24.5 Å². The number of pyridine rings is 1. The second-order valence-electron chi connectivity index (χ2n) is 6.09. The SMILES string of the molecule is CCc1c(C)cncc1F.N#Cc1cc2c(cc1F)ncn2C1CC1. The van der Waals surface area contributed by atoms with Crippen molar-refractivity contribution in [2.45, 2.75) is 39.2 Å². The van der Waals surface area contributed by atoms with E-state index in [4.69, 9.17) is 5.26 Å². The minimum absolute atomic E-state index is 0.0879. The average Bonchev–Trinajstić information content (AvgIpc) is 3.35. The van der Waals surface area contributed by atoms with E-state index >= 15 is 0 Å². The van der Waals surface area contributed by atoms with E-state index in [1.165, 1.54) is 12.3 Å². The van der Waals surface area contributed by atoms with Crippen LogP contribution in [0.25, 0.3) is 11.0 Å². The summed E-state index contributed by atoms with van der Waals surface area (Å²) in [6.07, 6.45) is 7.69. The number of rotatable bonds is 2. The van der Waals surface area contributed by atoms with Gasteiger partial charge in [-0.25, -0.2) is 13.8 Å². The van der Waals surface area contributed by atoms with E-state index < -0.39 is 5.82 Å². The maximum atomic E-state index is 13.3. The number of nitrogens with zero attached hydrogens (tertiary/aromatic N) is 4. The second-order valence-corrected chi connectivity index (χ2v) is 6.09. The van der Waals surface area contributed by atoms with Gasteiger partial charge < -0.3 is 4.57 Å². The van der Waals surface area contributed by atoms with E-state index in [9.17, 15) is 8.78 Å². The Hall–Kier alpha value is -2.81. The van der Waals surface area contributed by atoms with Crippen molar-refractivity contribution in [1.29, 1.82) is 5.26 Å². The number of benzene rings is 1. The van der Waals surface area contributed by atoms with Crippen molar-refractivity contribution >= 4 is 11.0 Å². The lowest BCUT2D eigenvalue weighted by Gasteiger charge is -2.00. The van der Waals surface area contributed by atoms with Crippen molar-refractivity contribution in [3.63, 3.8) is 0 Å². The molecule has 6 heteroatoms. The number of fused-ring (bicyclic) bond motifs is 1. The number of halogens is 2. The van der Waals surface area contributed by atoms with Crippen molar-refractivity contribution in [3.8, 4) is 6.07 Å². The third-order valence-corrected chi connectivity index (χ3v) is 4.30. The summed E-state index contributed by atoms with van der Waals surface area (Å²) in [6.45, 7) is 3.81. The molecule has 0 aliphatic heterocycles. The highest BCUT2D eigenvalue weighted by Gasteiger charge is 2.25. The Morgan fingerprint density at radius 2 is 2.00 bits per heavy atom. The summed E-state index contributed by atoms with van der Waals surface area (Å²) in [5.74, 6) is -0.687. The first-order valence-electron chi connectivity index (χ1n) is 8.20. The molecule has 0 bridgehead atoms. The monoisotopic (exact) mass is 340 g/mol. The van der Waals surface area contributed by atoms with Gasteiger partial charge in [-0.3, -0.25) is 4.98 Å². The van der Waals surface area contributed by atoms with Crippen LogP contribution in [-0.2, 0) is 6.42 Å². The summed E-state index contributed by atoms with van der Waals surface area (Å²) >= 11 is 0. The molecule has 1 saturated carbocycles. The number of aromatic nitrogens is 3. The number of nitriles is 1. The molecule has 0 atom stereocenters. The zero-order valence-electron chi connectivity index (χ0n) is 14.1. The number of aryl methyl sites for hydroxylation is 1. The number of imidazole rings is 1. The Morgan fingerprint density at radius 1 is 1.24 bits per heavy atom. The lowest BCUT2D eigenvalue weighted by atomic mass is 10.1. The van der Waals surface area contributed by atoms with Crippen LogP contribution in [0.2, 0.25) is 0 Å². The molecule has 4 rings (SSSR count). The summed E-state index contributed by atoms with van der Waals surface area (Å²) in [4.78, 5) is 7.85. The highest BCUT2D eigenvalue weighted by atomic mass is 19.1. The summed E-state index contributed by atoms with van der Waals surface area (Å²) < 4.78 is 28.1. The van der Waals surface area contributed by atoms with Gasteiger partial charge >= 0.3 is 0 Å². The van der Waals surface area contributed by atoms with Crippen molar-refractivity contribution < 1.29 is 8.78 Å². The molecular weight excluding hydrogens is 322 g/mol. The second kappa shape index (κ2) is 6.98. The van der Waals surface area contributed by atoms with E-state index in [-0.39, 0.29) is 11.4 Å². The largest absolute Gasteiger partial charge is 0.327 e. The van der Waals surface area contributed by atoms with Gasteiger partial charge in [0, 0.05) is 18.3 Å². The Kier molecular flexibility index (Phi) is 4.75. The zero-order chi connectivity index (χ0) is 18.0. The first kappa shape index (κ1) is 17.0. The number of hydrogen-bond donors (Lipinski definition) is 0. The zero-order valence-corrected chi connectivity index (χ0v) is 14.1. The van der Waals surface area contributed by atoms with Gasteiger partial charge in [0.1, 0.15) is 17.7 Å². The van der Waals surface area contributed by atoms with E-state index in [2.05, 4.69) is 9.97 Å². The molecule has 1 aliphatic carbocycles. The summed E-state index contributed by atoms with van der Waals surface area (Å²) in [5.41, 5.74) is 3.27. The molecule has 25 heavy (non-hydrogen) atoms. The van der Waals surface area contributed by atoms with Crippen LogP contribution in [0.5, 0.6) is 0 Å². The van der Waals surface area contributed by atoms with Gasteiger partial charge in [0.25, 0.3) is 0 Å². The van der Waals surface area contributed by atoms with E-state index in [0.717, 1.165) is 35.9 Å². The highest BCUT2D eigenvalue weighted by Crippen LogP contribution is 2.37. The maximum absolute atomic E-state index is 13.3. The molecule has 1 fully saturated rings. The van der Waals surface area contributed by atoms with Crippen LogP contribution in [0.3, 0.4) is 0 Å². The lowest BCUT2D eigenvalue weighted by molar-refractivity contribution is 0.603. The minimum atomic E-state index is -0.494. The Balaban J connectivity index is 0.000000160. The van der Waals surface area contributed by atoms with Gasteiger partial charge in [0.15, 0.2) is 0 Å². The average molecular weight is 340 g/mol. The fourth-order valence-electron chi connectivity index (χ4n) is 2.78. The van der Waals surface area contributed by atoms with Crippen LogP contribution in [0, 0.1) is 29.9 Å². The molecule has 0 amide bonds. The first-order valence-corrected chi connectivity index (χ1v) is 8.20. The molecule has 3 aromatic rings. The van der Waals surface area contributed by atoms with Gasteiger partial charge in [-0.15, -0.1) is 0 Å². The summed E-state index contributed by atoms with van der Waals surface area (Å²) in [5, 5.41) is 8.74.